The van der Waals surface area contributed by atoms with E-state index in [0.717, 1.165) is 43.8 Å². The van der Waals surface area contributed by atoms with Gasteiger partial charge in [-0.1, -0.05) is 13.0 Å². The minimum atomic E-state index is 0.286. The first-order valence-corrected chi connectivity index (χ1v) is 6.77. The molecule has 1 fully saturated rings. The topological polar surface area (TPSA) is 43.4 Å². The molecule has 18 heavy (non-hydrogen) atoms. The number of anilines is 1. The highest BCUT2D eigenvalue weighted by atomic mass is 16.5. The summed E-state index contributed by atoms with van der Waals surface area (Å²) in [6.07, 6.45) is 5.46. The molecule has 2 rings (SSSR count). The predicted molar refractivity (Wildman–Crippen MR) is 71.6 cm³/mol. The van der Waals surface area contributed by atoms with Gasteiger partial charge < -0.3 is 14.8 Å². The van der Waals surface area contributed by atoms with Crippen molar-refractivity contribution in [2.45, 2.75) is 38.9 Å². The highest BCUT2D eigenvalue weighted by molar-refractivity contribution is 5.43. The molecule has 1 aliphatic heterocycles. The first-order valence-electron chi connectivity index (χ1n) is 6.77. The fourth-order valence-corrected chi connectivity index (χ4v) is 2.03. The van der Waals surface area contributed by atoms with Crippen LogP contribution in [-0.4, -0.2) is 30.8 Å². The zero-order chi connectivity index (χ0) is 12.6. The molecule has 1 N–H and O–H groups in total. The summed E-state index contributed by atoms with van der Waals surface area (Å²) in [6, 6.07) is 4.00. The Morgan fingerprint density at radius 1 is 1.56 bits per heavy atom. The molecule has 4 heteroatoms. The van der Waals surface area contributed by atoms with Crippen molar-refractivity contribution in [2.75, 3.05) is 25.1 Å². The third-order valence-corrected chi connectivity index (χ3v) is 3.02. The molecule has 1 aromatic heterocycles. The fourth-order valence-electron chi connectivity index (χ4n) is 2.03. The fraction of sp³-hybridized carbons (Fsp3) is 0.643. The third-order valence-electron chi connectivity index (χ3n) is 3.02. The monoisotopic (exact) mass is 250 g/mol. The molecule has 0 saturated carbocycles. The third kappa shape index (κ3) is 3.96. The van der Waals surface area contributed by atoms with Crippen LogP contribution in [-0.2, 0) is 16.1 Å². The molecule has 1 atom stereocenters. The SMILES string of the molecule is CCCNc1ncccc1COCC1CCCO1. The van der Waals surface area contributed by atoms with Gasteiger partial charge in [0.05, 0.1) is 19.3 Å². The first-order chi connectivity index (χ1) is 8.90. The number of pyridine rings is 1. The van der Waals surface area contributed by atoms with Gasteiger partial charge in [0.1, 0.15) is 5.82 Å². The molecule has 1 aromatic rings. The molecule has 2 heterocycles. The summed E-state index contributed by atoms with van der Waals surface area (Å²) in [4.78, 5) is 4.34. The van der Waals surface area contributed by atoms with Crippen LogP contribution in [0.2, 0.25) is 0 Å². The van der Waals surface area contributed by atoms with Crippen molar-refractivity contribution in [3.8, 4) is 0 Å². The lowest BCUT2D eigenvalue weighted by Gasteiger charge is -2.12. The highest BCUT2D eigenvalue weighted by Crippen LogP contribution is 2.15. The van der Waals surface area contributed by atoms with Gasteiger partial charge in [0.15, 0.2) is 0 Å². The van der Waals surface area contributed by atoms with E-state index < -0.39 is 0 Å². The normalized spacial score (nSPS) is 19.1. The van der Waals surface area contributed by atoms with E-state index in [1.165, 1.54) is 0 Å². The average molecular weight is 250 g/mol. The quantitative estimate of drug-likeness (QED) is 0.808. The van der Waals surface area contributed by atoms with Gasteiger partial charge in [-0.15, -0.1) is 0 Å². The summed E-state index contributed by atoms with van der Waals surface area (Å²) >= 11 is 0. The predicted octanol–water partition coefficient (Wildman–Crippen LogP) is 2.60. The van der Waals surface area contributed by atoms with Crippen molar-refractivity contribution < 1.29 is 9.47 Å². The first kappa shape index (κ1) is 13.3. The summed E-state index contributed by atoms with van der Waals surface area (Å²) in [5.41, 5.74) is 1.11. The molecule has 100 valence electrons. The Morgan fingerprint density at radius 3 is 3.28 bits per heavy atom. The van der Waals surface area contributed by atoms with E-state index in [1.54, 1.807) is 0 Å². The molecule has 0 amide bonds. The number of nitrogens with one attached hydrogen (secondary N) is 1. The molecule has 1 unspecified atom stereocenters. The summed E-state index contributed by atoms with van der Waals surface area (Å²) in [6.45, 7) is 5.24. The number of hydrogen-bond acceptors (Lipinski definition) is 4. The number of hydrogen-bond donors (Lipinski definition) is 1. The van der Waals surface area contributed by atoms with E-state index >= 15 is 0 Å². The summed E-state index contributed by atoms with van der Waals surface area (Å²) < 4.78 is 11.2. The Hall–Kier alpha value is -1.13. The zero-order valence-corrected chi connectivity index (χ0v) is 11.0. The molecule has 1 saturated heterocycles. The van der Waals surface area contributed by atoms with Crippen molar-refractivity contribution in [2.24, 2.45) is 0 Å². The van der Waals surface area contributed by atoms with Crippen LogP contribution < -0.4 is 5.32 Å². The maximum atomic E-state index is 5.72. The molecule has 1 aliphatic rings. The van der Waals surface area contributed by atoms with Crippen LogP contribution in [0.5, 0.6) is 0 Å². The second-order valence-electron chi connectivity index (χ2n) is 4.59. The van der Waals surface area contributed by atoms with Gasteiger partial charge in [0.25, 0.3) is 0 Å². The smallest absolute Gasteiger partial charge is 0.131 e. The summed E-state index contributed by atoms with van der Waals surface area (Å²) in [7, 11) is 0. The maximum absolute atomic E-state index is 5.72. The Balaban J connectivity index is 1.79. The average Bonchev–Trinajstić information content (AvgIpc) is 2.91. The van der Waals surface area contributed by atoms with Crippen molar-refractivity contribution >= 4 is 5.82 Å². The molecular weight excluding hydrogens is 228 g/mol. The van der Waals surface area contributed by atoms with Crippen LogP contribution in [0.15, 0.2) is 18.3 Å². The van der Waals surface area contributed by atoms with Crippen molar-refractivity contribution in [1.29, 1.82) is 0 Å². The molecule has 0 aliphatic carbocycles. The van der Waals surface area contributed by atoms with E-state index in [2.05, 4.69) is 23.3 Å². The maximum Gasteiger partial charge on any atom is 0.131 e. The van der Waals surface area contributed by atoms with E-state index in [4.69, 9.17) is 9.47 Å². The Labute approximate surface area is 109 Å². The largest absolute Gasteiger partial charge is 0.376 e. The highest BCUT2D eigenvalue weighted by Gasteiger charge is 2.15. The van der Waals surface area contributed by atoms with Crippen LogP contribution in [0.25, 0.3) is 0 Å². The summed E-state index contributed by atoms with van der Waals surface area (Å²) in [5.74, 6) is 0.937. The van der Waals surface area contributed by atoms with Crippen LogP contribution in [0, 0.1) is 0 Å². The van der Waals surface area contributed by atoms with Crippen LogP contribution in [0.4, 0.5) is 5.82 Å². The molecule has 0 aromatic carbocycles. The lowest BCUT2D eigenvalue weighted by atomic mass is 10.2. The number of ether oxygens (including phenoxy) is 2. The standard InChI is InChI=1S/C14H22N2O2/c1-2-7-15-14-12(5-3-8-16-14)10-17-11-13-6-4-9-18-13/h3,5,8,13H,2,4,6-7,9-11H2,1H3,(H,15,16). The van der Waals surface area contributed by atoms with Crippen LogP contribution in [0.3, 0.4) is 0 Å². The minimum Gasteiger partial charge on any atom is -0.376 e. The lowest BCUT2D eigenvalue weighted by Crippen LogP contribution is -2.14. The van der Waals surface area contributed by atoms with E-state index in [-0.39, 0.29) is 6.10 Å². The van der Waals surface area contributed by atoms with E-state index in [0.29, 0.717) is 13.2 Å². The van der Waals surface area contributed by atoms with Crippen molar-refractivity contribution in [1.82, 2.24) is 4.98 Å². The van der Waals surface area contributed by atoms with Gasteiger partial charge in [-0.25, -0.2) is 4.98 Å². The van der Waals surface area contributed by atoms with Gasteiger partial charge >= 0.3 is 0 Å². The number of rotatable bonds is 7. The zero-order valence-electron chi connectivity index (χ0n) is 11.0. The number of aromatic nitrogens is 1. The second kappa shape index (κ2) is 7.34. The van der Waals surface area contributed by atoms with Gasteiger partial charge in [0, 0.05) is 24.9 Å². The summed E-state index contributed by atoms with van der Waals surface area (Å²) in [5, 5.41) is 3.32. The Bertz CT molecular complexity index is 351. The van der Waals surface area contributed by atoms with Crippen LogP contribution >= 0.6 is 0 Å². The molecule has 4 nitrogen and oxygen atoms in total. The lowest BCUT2D eigenvalue weighted by molar-refractivity contribution is 0.0107. The van der Waals surface area contributed by atoms with Gasteiger partial charge in [-0.3, -0.25) is 0 Å². The second-order valence-corrected chi connectivity index (χ2v) is 4.59. The van der Waals surface area contributed by atoms with Crippen LogP contribution in [0.1, 0.15) is 31.7 Å². The Morgan fingerprint density at radius 2 is 2.50 bits per heavy atom. The Kier molecular flexibility index (Phi) is 5.42. The molecular formula is C14H22N2O2. The van der Waals surface area contributed by atoms with Crippen molar-refractivity contribution in [3.63, 3.8) is 0 Å². The molecule has 0 bridgehead atoms. The molecule has 0 spiro atoms. The van der Waals surface area contributed by atoms with E-state index in [1.807, 2.05) is 12.3 Å². The van der Waals surface area contributed by atoms with E-state index in [9.17, 15) is 0 Å². The van der Waals surface area contributed by atoms with Crippen molar-refractivity contribution in [3.05, 3.63) is 23.9 Å². The van der Waals surface area contributed by atoms with Gasteiger partial charge in [-0.05, 0) is 25.3 Å². The molecule has 0 radical (unpaired) electrons. The van der Waals surface area contributed by atoms with Gasteiger partial charge in [-0.2, -0.15) is 0 Å². The van der Waals surface area contributed by atoms with Gasteiger partial charge in [0.2, 0.25) is 0 Å². The minimum absolute atomic E-state index is 0.286. The number of nitrogens with zero attached hydrogens (tertiary/aromatic N) is 1.